The quantitative estimate of drug-likeness (QED) is 0.791. The molecular weight excluding hydrogens is 274 g/mol. The smallest absolute Gasteiger partial charge is 0.320 e. The molecule has 0 bridgehead atoms. The van der Waals surface area contributed by atoms with Crippen LogP contribution in [0.1, 0.15) is 16.7 Å². The van der Waals surface area contributed by atoms with Gasteiger partial charge >= 0.3 is 5.97 Å². The number of hydrogen-bond acceptors (Lipinski definition) is 3. The Hall–Kier alpha value is -1.07. The molecular formula is C11H14BrNO3. The molecule has 0 aliphatic carbocycles. The van der Waals surface area contributed by atoms with Crippen LogP contribution in [0.25, 0.3) is 0 Å². The minimum Gasteiger partial charge on any atom is -0.506 e. The first-order valence-electron chi connectivity index (χ1n) is 4.80. The second-order valence-electron chi connectivity index (χ2n) is 3.80. The number of rotatable bonds is 3. The van der Waals surface area contributed by atoms with Gasteiger partial charge in [-0.2, -0.15) is 0 Å². The maximum Gasteiger partial charge on any atom is 0.320 e. The monoisotopic (exact) mass is 287 g/mol. The number of phenols is 1. The van der Waals surface area contributed by atoms with Gasteiger partial charge in [0.1, 0.15) is 11.8 Å². The molecule has 1 aromatic carbocycles. The summed E-state index contributed by atoms with van der Waals surface area (Å²) >= 11 is 3.25. The summed E-state index contributed by atoms with van der Waals surface area (Å²) < 4.78 is 0.589. The van der Waals surface area contributed by atoms with Crippen molar-refractivity contribution in [3.8, 4) is 5.75 Å². The number of halogens is 1. The third-order valence-electron chi connectivity index (χ3n) is 2.49. The first-order chi connectivity index (χ1) is 7.34. The molecule has 16 heavy (non-hydrogen) atoms. The van der Waals surface area contributed by atoms with Gasteiger partial charge in [-0.05, 0) is 40.9 Å². The van der Waals surface area contributed by atoms with E-state index in [1.54, 1.807) is 0 Å². The standard InChI is InChI=1S/C11H14BrNO3/c1-5-3-6(2)9(12)10(14)7(5)4-8(13)11(15)16/h3,8,14H,4,13H2,1-2H3,(H,15,16). The Morgan fingerprint density at radius 3 is 2.56 bits per heavy atom. The van der Waals surface area contributed by atoms with Gasteiger partial charge in [-0.25, -0.2) is 0 Å². The zero-order chi connectivity index (χ0) is 12.5. The summed E-state index contributed by atoms with van der Waals surface area (Å²) in [7, 11) is 0. The molecule has 0 aliphatic heterocycles. The lowest BCUT2D eigenvalue weighted by Crippen LogP contribution is -2.32. The van der Waals surface area contributed by atoms with E-state index in [0.29, 0.717) is 10.0 Å². The molecule has 0 radical (unpaired) electrons. The summed E-state index contributed by atoms with van der Waals surface area (Å²) in [5.41, 5.74) is 7.77. The van der Waals surface area contributed by atoms with Crippen molar-refractivity contribution in [2.45, 2.75) is 26.3 Å². The van der Waals surface area contributed by atoms with E-state index in [0.717, 1.165) is 11.1 Å². The van der Waals surface area contributed by atoms with E-state index >= 15 is 0 Å². The van der Waals surface area contributed by atoms with Crippen molar-refractivity contribution in [1.82, 2.24) is 0 Å². The van der Waals surface area contributed by atoms with Gasteiger partial charge in [0.2, 0.25) is 0 Å². The summed E-state index contributed by atoms with van der Waals surface area (Å²) in [6.07, 6.45) is 0.117. The molecule has 0 aromatic heterocycles. The van der Waals surface area contributed by atoms with Crippen molar-refractivity contribution >= 4 is 21.9 Å². The summed E-state index contributed by atoms with van der Waals surface area (Å²) in [5, 5.41) is 18.6. The van der Waals surface area contributed by atoms with Gasteiger partial charge < -0.3 is 15.9 Å². The Kier molecular flexibility index (Phi) is 3.93. The van der Waals surface area contributed by atoms with Gasteiger partial charge in [0.25, 0.3) is 0 Å². The van der Waals surface area contributed by atoms with Crippen molar-refractivity contribution in [2.75, 3.05) is 0 Å². The molecule has 1 atom stereocenters. The topological polar surface area (TPSA) is 83.6 Å². The van der Waals surface area contributed by atoms with E-state index in [1.807, 2.05) is 19.9 Å². The molecule has 4 N–H and O–H groups in total. The minimum atomic E-state index is -1.07. The Bertz CT molecular complexity index is 432. The minimum absolute atomic E-state index is 0.0780. The van der Waals surface area contributed by atoms with Crippen LogP contribution in [0, 0.1) is 13.8 Å². The number of carbonyl (C=O) groups is 1. The van der Waals surface area contributed by atoms with E-state index in [9.17, 15) is 9.90 Å². The molecule has 0 spiro atoms. The fourth-order valence-corrected chi connectivity index (χ4v) is 1.90. The molecule has 1 unspecified atom stereocenters. The van der Waals surface area contributed by atoms with Gasteiger partial charge in [0, 0.05) is 12.0 Å². The van der Waals surface area contributed by atoms with E-state index in [2.05, 4.69) is 15.9 Å². The lowest BCUT2D eigenvalue weighted by atomic mass is 9.98. The Labute approximate surface area is 102 Å². The van der Waals surface area contributed by atoms with Crippen molar-refractivity contribution < 1.29 is 15.0 Å². The predicted molar refractivity (Wildman–Crippen MR) is 64.6 cm³/mol. The Morgan fingerprint density at radius 1 is 1.50 bits per heavy atom. The van der Waals surface area contributed by atoms with Gasteiger partial charge in [0.05, 0.1) is 4.47 Å². The van der Waals surface area contributed by atoms with Crippen LogP contribution >= 0.6 is 15.9 Å². The zero-order valence-electron chi connectivity index (χ0n) is 9.12. The lowest BCUT2D eigenvalue weighted by Gasteiger charge is -2.14. The van der Waals surface area contributed by atoms with E-state index < -0.39 is 12.0 Å². The largest absolute Gasteiger partial charge is 0.506 e. The molecule has 0 amide bonds. The third-order valence-corrected chi connectivity index (χ3v) is 3.49. The summed E-state index contributed by atoms with van der Waals surface area (Å²) in [4.78, 5) is 10.7. The van der Waals surface area contributed by atoms with E-state index in [4.69, 9.17) is 10.8 Å². The zero-order valence-corrected chi connectivity index (χ0v) is 10.7. The average Bonchev–Trinajstić information content (AvgIpc) is 2.20. The molecule has 0 heterocycles. The van der Waals surface area contributed by atoms with Crippen LogP contribution in [-0.2, 0) is 11.2 Å². The highest BCUT2D eigenvalue weighted by Gasteiger charge is 2.18. The highest BCUT2D eigenvalue weighted by Crippen LogP contribution is 2.34. The molecule has 5 heteroatoms. The molecule has 4 nitrogen and oxygen atoms in total. The van der Waals surface area contributed by atoms with Gasteiger partial charge in [-0.1, -0.05) is 6.07 Å². The van der Waals surface area contributed by atoms with Crippen LogP contribution in [-0.4, -0.2) is 22.2 Å². The number of nitrogens with two attached hydrogens (primary N) is 1. The van der Waals surface area contributed by atoms with Crippen LogP contribution in [0.5, 0.6) is 5.75 Å². The molecule has 88 valence electrons. The molecule has 1 aromatic rings. The number of aliphatic carboxylic acids is 1. The summed E-state index contributed by atoms with van der Waals surface area (Å²) in [6.45, 7) is 3.68. The average molecular weight is 288 g/mol. The normalized spacial score (nSPS) is 12.5. The van der Waals surface area contributed by atoms with Crippen LogP contribution in [0.3, 0.4) is 0 Å². The maximum atomic E-state index is 10.7. The first kappa shape index (κ1) is 13.0. The second-order valence-corrected chi connectivity index (χ2v) is 4.59. The van der Waals surface area contributed by atoms with Crippen molar-refractivity contribution in [2.24, 2.45) is 5.73 Å². The third kappa shape index (κ3) is 2.54. The highest BCUT2D eigenvalue weighted by molar-refractivity contribution is 9.10. The van der Waals surface area contributed by atoms with Crippen LogP contribution < -0.4 is 5.73 Å². The summed E-state index contributed by atoms with van der Waals surface area (Å²) in [6, 6.07) is 0.882. The molecule has 0 saturated heterocycles. The molecule has 0 saturated carbocycles. The Balaban J connectivity index is 3.14. The fraction of sp³-hybridized carbons (Fsp3) is 0.364. The molecule has 0 aliphatic rings. The molecule has 1 rings (SSSR count). The number of hydrogen-bond donors (Lipinski definition) is 3. The van der Waals surface area contributed by atoms with Crippen molar-refractivity contribution in [1.29, 1.82) is 0 Å². The number of aromatic hydroxyl groups is 1. The first-order valence-corrected chi connectivity index (χ1v) is 5.59. The second kappa shape index (κ2) is 4.84. The SMILES string of the molecule is Cc1cc(C)c(CC(N)C(=O)O)c(O)c1Br. The Morgan fingerprint density at radius 2 is 2.06 bits per heavy atom. The fourth-order valence-electron chi connectivity index (χ4n) is 1.55. The number of carboxylic acids is 1. The van der Waals surface area contributed by atoms with Crippen molar-refractivity contribution in [3.05, 3.63) is 27.2 Å². The number of benzene rings is 1. The van der Waals surface area contributed by atoms with E-state index in [1.165, 1.54) is 0 Å². The highest BCUT2D eigenvalue weighted by atomic mass is 79.9. The number of carboxylic acid groups (broad SMARTS) is 1. The summed E-state index contributed by atoms with van der Waals surface area (Å²) in [5.74, 6) is -0.996. The van der Waals surface area contributed by atoms with Gasteiger partial charge in [-0.15, -0.1) is 0 Å². The van der Waals surface area contributed by atoms with Crippen LogP contribution in [0.2, 0.25) is 0 Å². The lowest BCUT2D eigenvalue weighted by molar-refractivity contribution is -0.138. The molecule has 0 fully saturated rings. The number of phenolic OH excluding ortho intramolecular Hbond substituents is 1. The van der Waals surface area contributed by atoms with E-state index in [-0.39, 0.29) is 12.2 Å². The van der Waals surface area contributed by atoms with Gasteiger partial charge in [0.15, 0.2) is 0 Å². The van der Waals surface area contributed by atoms with Crippen LogP contribution in [0.15, 0.2) is 10.5 Å². The number of aryl methyl sites for hydroxylation is 2. The predicted octanol–water partition coefficient (Wildman–Crippen LogP) is 1.73. The van der Waals surface area contributed by atoms with Crippen molar-refractivity contribution in [3.63, 3.8) is 0 Å². The van der Waals surface area contributed by atoms with Gasteiger partial charge in [-0.3, -0.25) is 4.79 Å². The van der Waals surface area contributed by atoms with Crippen LogP contribution in [0.4, 0.5) is 0 Å². The maximum absolute atomic E-state index is 10.7.